The number of pyridine rings is 1. The highest BCUT2D eigenvalue weighted by atomic mass is 35.5. The van der Waals surface area contributed by atoms with Crippen molar-refractivity contribution in [1.29, 1.82) is 0 Å². The van der Waals surface area contributed by atoms with Gasteiger partial charge in [-0.3, -0.25) is 14.2 Å². The van der Waals surface area contributed by atoms with Crippen LogP contribution in [0.15, 0.2) is 76.3 Å². The summed E-state index contributed by atoms with van der Waals surface area (Å²) in [6.45, 7) is 3.95. The van der Waals surface area contributed by atoms with Gasteiger partial charge in [-0.05, 0) is 73.5 Å². The standard InChI is InChI=1S/C26H20ClN3O2/c1-15-12-16(2)14-19(13-15)30-24(17-8-10-18(27)11-9-17)28-25-22(26(30)32)23(31)20-6-4-5-7-21(20)29(25)3/h4-14H,1-3H3. The van der Waals surface area contributed by atoms with Crippen molar-refractivity contribution in [2.45, 2.75) is 13.8 Å². The van der Waals surface area contributed by atoms with Crippen LogP contribution in [0.4, 0.5) is 0 Å². The number of aryl methyl sites for hydroxylation is 3. The second-order valence-corrected chi connectivity index (χ2v) is 8.47. The summed E-state index contributed by atoms with van der Waals surface area (Å²) in [6, 6.07) is 20.3. The number of para-hydroxylation sites is 1. The molecule has 0 N–H and O–H groups in total. The normalized spacial score (nSPS) is 11.4. The van der Waals surface area contributed by atoms with E-state index in [4.69, 9.17) is 16.6 Å². The molecule has 2 aromatic heterocycles. The van der Waals surface area contributed by atoms with Crippen LogP contribution in [0.5, 0.6) is 0 Å². The van der Waals surface area contributed by atoms with E-state index in [1.807, 2.05) is 63.4 Å². The summed E-state index contributed by atoms with van der Waals surface area (Å²) in [5.74, 6) is 0.453. The van der Waals surface area contributed by atoms with Gasteiger partial charge in [-0.1, -0.05) is 29.8 Å². The summed E-state index contributed by atoms with van der Waals surface area (Å²) >= 11 is 6.10. The number of aromatic nitrogens is 3. The van der Waals surface area contributed by atoms with Crippen LogP contribution in [0.1, 0.15) is 11.1 Å². The fourth-order valence-electron chi connectivity index (χ4n) is 4.27. The minimum Gasteiger partial charge on any atom is -0.328 e. The fourth-order valence-corrected chi connectivity index (χ4v) is 4.40. The van der Waals surface area contributed by atoms with Crippen molar-refractivity contribution in [3.8, 4) is 17.1 Å². The smallest absolute Gasteiger partial charge is 0.271 e. The number of halogens is 1. The maximum atomic E-state index is 13.9. The molecule has 6 heteroatoms. The molecule has 3 aromatic carbocycles. The van der Waals surface area contributed by atoms with Crippen LogP contribution in [0, 0.1) is 13.8 Å². The molecule has 32 heavy (non-hydrogen) atoms. The molecule has 0 saturated carbocycles. The first kappa shape index (κ1) is 20.2. The highest BCUT2D eigenvalue weighted by Gasteiger charge is 2.20. The van der Waals surface area contributed by atoms with E-state index in [1.165, 1.54) is 4.57 Å². The van der Waals surface area contributed by atoms with E-state index in [0.717, 1.165) is 22.2 Å². The Labute approximate surface area is 189 Å². The average molecular weight is 442 g/mol. The number of fused-ring (bicyclic) bond motifs is 2. The predicted octanol–water partition coefficient (Wildman–Crippen LogP) is 5.17. The van der Waals surface area contributed by atoms with E-state index in [-0.39, 0.29) is 10.8 Å². The molecule has 0 bridgehead atoms. The number of benzene rings is 3. The zero-order valence-electron chi connectivity index (χ0n) is 17.9. The Hall–Kier alpha value is -3.70. The molecule has 0 radical (unpaired) electrons. The number of hydrogen-bond donors (Lipinski definition) is 0. The molecule has 0 amide bonds. The van der Waals surface area contributed by atoms with Gasteiger partial charge in [0, 0.05) is 23.0 Å². The van der Waals surface area contributed by atoms with E-state index in [2.05, 4.69) is 0 Å². The van der Waals surface area contributed by atoms with Gasteiger partial charge in [-0.2, -0.15) is 0 Å². The zero-order valence-corrected chi connectivity index (χ0v) is 18.6. The SMILES string of the molecule is Cc1cc(C)cc(-n2c(-c3ccc(Cl)cc3)nc3c(c(=O)c4ccccc4n3C)c2=O)c1. The lowest BCUT2D eigenvalue weighted by Gasteiger charge is -2.17. The Morgan fingerprint density at radius 3 is 2.22 bits per heavy atom. The van der Waals surface area contributed by atoms with Crippen molar-refractivity contribution < 1.29 is 0 Å². The highest BCUT2D eigenvalue weighted by molar-refractivity contribution is 6.30. The van der Waals surface area contributed by atoms with Crippen molar-refractivity contribution in [3.05, 3.63) is 103 Å². The summed E-state index contributed by atoms with van der Waals surface area (Å²) in [6.07, 6.45) is 0. The number of rotatable bonds is 2. The third kappa shape index (κ3) is 3.13. The van der Waals surface area contributed by atoms with Crippen molar-refractivity contribution in [2.75, 3.05) is 0 Å². The van der Waals surface area contributed by atoms with Gasteiger partial charge in [-0.15, -0.1) is 0 Å². The monoisotopic (exact) mass is 441 g/mol. The van der Waals surface area contributed by atoms with Gasteiger partial charge in [0.25, 0.3) is 5.56 Å². The fraction of sp³-hybridized carbons (Fsp3) is 0.115. The average Bonchev–Trinajstić information content (AvgIpc) is 2.76. The third-order valence-electron chi connectivity index (χ3n) is 5.69. The van der Waals surface area contributed by atoms with E-state index in [9.17, 15) is 9.59 Å². The Kier molecular flexibility index (Phi) is 4.72. The molecule has 158 valence electrons. The van der Waals surface area contributed by atoms with Gasteiger partial charge in [0.1, 0.15) is 11.2 Å². The van der Waals surface area contributed by atoms with Crippen LogP contribution < -0.4 is 11.0 Å². The lowest BCUT2D eigenvalue weighted by atomic mass is 10.1. The lowest BCUT2D eigenvalue weighted by molar-refractivity contribution is 0.923. The Morgan fingerprint density at radius 2 is 1.53 bits per heavy atom. The Morgan fingerprint density at radius 1 is 0.875 bits per heavy atom. The minimum atomic E-state index is -0.392. The molecule has 5 nitrogen and oxygen atoms in total. The molecule has 0 fully saturated rings. The van der Waals surface area contributed by atoms with Crippen LogP contribution in [-0.2, 0) is 7.05 Å². The summed E-state index contributed by atoms with van der Waals surface area (Å²) in [7, 11) is 1.82. The molecule has 0 unspecified atom stereocenters. The molecular formula is C26H20ClN3O2. The lowest BCUT2D eigenvalue weighted by Crippen LogP contribution is -2.28. The van der Waals surface area contributed by atoms with Crippen LogP contribution in [0.3, 0.4) is 0 Å². The first-order chi connectivity index (χ1) is 15.3. The summed E-state index contributed by atoms with van der Waals surface area (Å²) in [5, 5.41) is 1.16. The van der Waals surface area contributed by atoms with Crippen LogP contribution in [0.2, 0.25) is 5.02 Å². The Bertz CT molecular complexity index is 1630. The molecule has 5 aromatic rings. The molecule has 0 atom stereocenters. The van der Waals surface area contributed by atoms with Crippen LogP contribution in [-0.4, -0.2) is 14.1 Å². The topological polar surface area (TPSA) is 56.9 Å². The number of hydrogen-bond acceptors (Lipinski definition) is 3. The van der Waals surface area contributed by atoms with E-state index in [1.54, 1.807) is 28.8 Å². The van der Waals surface area contributed by atoms with Gasteiger partial charge < -0.3 is 4.57 Å². The van der Waals surface area contributed by atoms with Crippen molar-refractivity contribution in [3.63, 3.8) is 0 Å². The van der Waals surface area contributed by atoms with Crippen LogP contribution >= 0.6 is 11.6 Å². The molecule has 0 aliphatic rings. The maximum absolute atomic E-state index is 13.9. The second-order valence-electron chi connectivity index (χ2n) is 8.03. The molecule has 0 aliphatic heterocycles. The molecule has 0 spiro atoms. The first-order valence-corrected chi connectivity index (χ1v) is 10.6. The largest absolute Gasteiger partial charge is 0.328 e. The minimum absolute atomic E-state index is 0.0723. The predicted molar refractivity (Wildman–Crippen MR) is 130 cm³/mol. The summed E-state index contributed by atoms with van der Waals surface area (Å²) in [4.78, 5) is 32.2. The highest BCUT2D eigenvalue weighted by Crippen LogP contribution is 2.25. The van der Waals surface area contributed by atoms with Crippen molar-refractivity contribution >= 4 is 33.5 Å². The van der Waals surface area contributed by atoms with Gasteiger partial charge in [0.15, 0.2) is 5.65 Å². The molecule has 0 aliphatic carbocycles. The van der Waals surface area contributed by atoms with E-state index < -0.39 is 5.56 Å². The van der Waals surface area contributed by atoms with Gasteiger partial charge in [0.05, 0.1) is 11.2 Å². The van der Waals surface area contributed by atoms with E-state index >= 15 is 0 Å². The molecule has 5 rings (SSSR count). The summed E-state index contributed by atoms with van der Waals surface area (Å²) in [5.41, 5.74) is 3.80. The maximum Gasteiger partial charge on any atom is 0.271 e. The third-order valence-corrected chi connectivity index (χ3v) is 5.94. The Balaban J connectivity index is 2.01. The first-order valence-electron chi connectivity index (χ1n) is 10.2. The van der Waals surface area contributed by atoms with Crippen molar-refractivity contribution in [1.82, 2.24) is 14.1 Å². The molecule has 2 heterocycles. The number of nitrogens with zero attached hydrogens (tertiary/aromatic N) is 3. The second kappa shape index (κ2) is 7.46. The molecular weight excluding hydrogens is 422 g/mol. The van der Waals surface area contributed by atoms with Crippen LogP contribution in [0.25, 0.3) is 39.0 Å². The van der Waals surface area contributed by atoms with Gasteiger partial charge in [0.2, 0.25) is 5.43 Å². The zero-order chi connectivity index (χ0) is 22.6. The van der Waals surface area contributed by atoms with E-state index in [0.29, 0.717) is 27.6 Å². The van der Waals surface area contributed by atoms with Gasteiger partial charge in [-0.25, -0.2) is 4.98 Å². The summed E-state index contributed by atoms with van der Waals surface area (Å²) < 4.78 is 3.33. The molecule has 0 saturated heterocycles. The van der Waals surface area contributed by atoms with Crippen molar-refractivity contribution in [2.24, 2.45) is 7.05 Å². The quantitative estimate of drug-likeness (QED) is 0.355. The van der Waals surface area contributed by atoms with Gasteiger partial charge >= 0.3 is 0 Å².